The van der Waals surface area contributed by atoms with Gasteiger partial charge in [0.2, 0.25) is 10.0 Å². The molecule has 0 atom stereocenters. The van der Waals surface area contributed by atoms with Crippen molar-refractivity contribution in [3.05, 3.63) is 23.5 Å². The quantitative estimate of drug-likeness (QED) is 0.489. The zero-order valence-electron chi connectivity index (χ0n) is 7.77. The lowest BCUT2D eigenvalue weighted by molar-refractivity contribution is 0.582. The fourth-order valence-electron chi connectivity index (χ4n) is 0.893. The molecule has 0 aromatic carbocycles. The van der Waals surface area contributed by atoms with Crippen molar-refractivity contribution < 1.29 is 8.42 Å². The Bertz CT molecular complexity index is 479. The smallest absolute Gasteiger partial charge is 0.240 e. The van der Waals surface area contributed by atoms with E-state index in [4.69, 9.17) is 18.0 Å². The summed E-state index contributed by atoms with van der Waals surface area (Å²) in [5, 5.41) is 0.134. The minimum Gasteiger partial charge on any atom is -0.244 e. The van der Waals surface area contributed by atoms with Gasteiger partial charge in [-0.05, 0) is 12.1 Å². The Morgan fingerprint density at radius 1 is 1.60 bits per heavy atom. The molecule has 0 fully saturated rings. The molecular weight excluding hydrogens is 236 g/mol. The second kappa shape index (κ2) is 5.12. The Labute approximate surface area is 93.7 Å². The molecule has 4 nitrogen and oxygen atoms in total. The third kappa shape index (κ3) is 3.51. The second-order valence-electron chi connectivity index (χ2n) is 2.67. The van der Waals surface area contributed by atoms with Crippen LogP contribution in [0.3, 0.4) is 0 Å². The molecule has 1 heterocycles. The van der Waals surface area contributed by atoms with Gasteiger partial charge >= 0.3 is 0 Å². The topological polar surface area (TPSA) is 59.1 Å². The maximum Gasteiger partial charge on any atom is 0.240 e. The van der Waals surface area contributed by atoms with Crippen LogP contribution in [0.1, 0.15) is 6.42 Å². The molecule has 0 aliphatic rings. The standard InChI is InChI=1S/C9H9ClN2O2S/c1-2-3-5-12-15(13,14)8-4-6-11-9(10)7-8/h1,4,6-7,12H,3,5H2. The van der Waals surface area contributed by atoms with Crippen LogP contribution in [0.4, 0.5) is 0 Å². The fourth-order valence-corrected chi connectivity index (χ4v) is 2.18. The molecular formula is C9H9ClN2O2S. The number of pyridine rings is 1. The van der Waals surface area contributed by atoms with E-state index in [-0.39, 0.29) is 16.6 Å². The summed E-state index contributed by atoms with van der Waals surface area (Å²) in [4.78, 5) is 3.77. The van der Waals surface area contributed by atoms with E-state index in [1.165, 1.54) is 18.3 Å². The van der Waals surface area contributed by atoms with E-state index in [1.54, 1.807) is 0 Å². The molecule has 1 aromatic heterocycles. The molecule has 15 heavy (non-hydrogen) atoms. The Hall–Kier alpha value is -1.09. The summed E-state index contributed by atoms with van der Waals surface area (Å²) < 4.78 is 25.5. The Morgan fingerprint density at radius 2 is 2.33 bits per heavy atom. The van der Waals surface area contributed by atoms with Crippen molar-refractivity contribution in [1.29, 1.82) is 0 Å². The molecule has 0 aliphatic carbocycles. The van der Waals surface area contributed by atoms with E-state index in [0.717, 1.165) is 0 Å². The van der Waals surface area contributed by atoms with Gasteiger partial charge < -0.3 is 0 Å². The van der Waals surface area contributed by atoms with Gasteiger partial charge in [-0.2, -0.15) is 0 Å². The van der Waals surface area contributed by atoms with Crippen molar-refractivity contribution in [3.8, 4) is 12.3 Å². The number of hydrogen-bond acceptors (Lipinski definition) is 3. The minimum atomic E-state index is -3.53. The van der Waals surface area contributed by atoms with Gasteiger partial charge in [-0.1, -0.05) is 11.6 Å². The maximum atomic E-state index is 11.6. The molecule has 1 aromatic rings. The number of halogens is 1. The summed E-state index contributed by atoms with van der Waals surface area (Å²) in [6.07, 6.45) is 6.68. The number of aromatic nitrogens is 1. The molecule has 0 aliphatic heterocycles. The van der Waals surface area contributed by atoms with Crippen molar-refractivity contribution in [2.24, 2.45) is 0 Å². The van der Waals surface area contributed by atoms with Crippen molar-refractivity contribution in [1.82, 2.24) is 9.71 Å². The number of nitrogens with zero attached hydrogens (tertiary/aromatic N) is 1. The third-order valence-corrected chi connectivity index (χ3v) is 3.24. The zero-order valence-corrected chi connectivity index (χ0v) is 9.35. The number of sulfonamides is 1. The lowest BCUT2D eigenvalue weighted by Crippen LogP contribution is -2.24. The van der Waals surface area contributed by atoms with Gasteiger partial charge in [-0.15, -0.1) is 12.3 Å². The molecule has 0 saturated heterocycles. The van der Waals surface area contributed by atoms with Crippen LogP contribution in [-0.4, -0.2) is 19.9 Å². The van der Waals surface area contributed by atoms with Gasteiger partial charge in [-0.3, -0.25) is 0 Å². The van der Waals surface area contributed by atoms with Gasteiger partial charge in [0.15, 0.2) is 0 Å². The van der Waals surface area contributed by atoms with E-state index in [9.17, 15) is 8.42 Å². The lowest BCUT2D eigenvalue weighted by atomic mass is 10.5. The summed E-state index contributed by atoms with van der Waals surface area (Å²) >= 11 is 5.58. The molecule has 0 radical (unpaired) electrons. The summed E-state index contributed by atoms with van der Waals surface area (Å²) in [5.74, 6) is 2.34. The summed E-state index contributed by atoms with van der Waals surface area (Å²) in [6, 6.07) is 2.64. The predicted molar refractivity (Wildman–Crippen MR) is 57.9 cm³/mol. The van der Waals surface area contributed by atoms with Crippen molar-refractivity contribution in [3.63, 3.8) is 0 Å². The molecule has 0 bridgehead atoms. The third-order valence-electron chi connectivity index (χ3n) is 1.57. The number of nitrogens with one attached hydrogen (secondary N) is 1. The largest absolute Gasteiger partial charge is 0.244 e. The minimum absolute atomic E-state index is 0.0829. The summed E-state index contributed by atoms with van der Waals surface area (Å²) in [7, 11) is -3.53. The number of hydrogen-bond donors (Lipinski definition) is 1. The monoisotopic (exact) mass is 244 g/mol. The van der Waals surface area contributed by atoms with Crippen LogP contribution in [0, 0.1) is 12.3 Å². The van der Waals surface area contributed by atoms with Crippen LogP contribution < -0.4 is 4.72 Å². The average Bonchev–Trinajstić information content (AvgIpc) is 2.18. The zero-order chi connectivity index (χ0) is 11.3. The number of rotatable bonds is 4. The first kappa shape index (κ1) is 12.0. The average molecular weight is 245 g/mol. The van der Waals surface area contributed by atoms with Crippen molar-refractivity contribution in [2.45, 2.75) is 11.3 Å². The SMILES string of the molecule is C#CCCNS(=O)(=O)c1ccnc(Cl)c1. The fraction of sp³-hybridized carbons (Fsp3) is 0.222. The Kier molecular flexibility index (Phi) is 4.09. The van der Waals surface area contributed by atoms with Crippen molar-refractivity contribution >= 4 is 21.6 Å². The van der Waals surface area contributed by atoms with Crippen LogP contribution in [0.5, 0.6) is 0 Å². The highest BCUT2D eigenvalue weighted by Gasteiger charge is 2.13. The summed E-state index contributed by atoms with van der Waals surface area (Å²) in [5.41, 5.74) is 0. The first-order valence-electron chi connectivity index (χ1n) is 4.11. The lowest BCUT2D eigenvalue weighted by Gasteiger charge is -2.04. The van der Waals surface area contributed by atoms with Gasteiger partial charge in [0.05, 0.1) is 4.90 Å². The normalized spacial score (nSPS) is 10.9. The summed E-state index contributed by atoms with van der Waals surface area (Å²) in [6.45, 7) is 0.207. The molecule has 0 saturated carbocycles. The highest BCUT2D eigenvalue weighted by Crippen LogP contribution is 2.12. The highest BCUT2D eigenvalue weighted by atomic mass is 35.5. The van der Waals surface area contributed by atoms with Crippen molar-refractivity contribution in [2.75, 3.05) is 6.54 Å². The van der Waals surface area contributed by atoms with Gasteiger partial charge in [-0.25, -0.2) is 18.1 Å². The molecule has 1 N–H and O–H groups in total. The Morgan fingerprint density at radius 3 is 2.93 bits per heavy atom. The van der Waals surface area contributed by atoms with Crippen LogP contribution in [-0.2, 0) is 10.0 Å². The molecule has 1 rings (SSSR count). The molecule has 80 valence electrons. The molecule has 0 unspecified atom stereocenters. The predicted octanol–water partition coefficient (Wildman–Crippen LogP) is 1.04. The second-order valence-corrected chi connectivity index (χ2v) is 4.82. The highest BCUT2D eigenvalue weighted by molar-refractivity contribution is 7.89. The van der Waals surface area contributed by atoms with E-state index in [1.807, 2.05) is 0 Å². The molecule has 6 heteroatoms. The first-order valence-corrected chi connectivity index (χ1v) is 5.97. The van der Waals surface area contributed by atoms with Crippen LogP contribution in [0.25, 0.3) is 0 Å². The van der Waals surface area contributed by atoms with Crippen LogP contribution >= 0.6 is 11.6 Å². The Balaban J connectivity index is 2.83. The van der Waals surface area contributed by atoms with E-state index < -0.39 is 10.0 Å². The first-order chi connectivity index (χ1) is 7.06. The van der Waals surface area contributed by atoms with E-state index in [2.05, 4.69) is 15.6 Å². The van der Waals surface area contributed by atoms with Gasteiger partial charge in [0, 0.05) is 19.2 Å². The molecule has 0 amide bonds. The van der Waals surface area contributed by atoms with Crippen LogP contribution in [0.2, 0.25) is 5.15 Å². The van der Waals surface area contributed by atoms with E-state index >= 15 is 0 Å². The van der Waals surface area contributed by atoms with Gasteiger partial charge in [0.25, 0.3) is 0 Å². The van der Waals surface area contributed by atoms with Gasteiger partial charge in [0.1, 0.15) is 5.15 Å². The molecule has 0 spiro atoms. The van der Waals surface area contributed by atoms with E-state index in [0.29, 0.717) is 6.42 Å². The number of terminal acetylenes is 1. The maximum absolute atomic E-state index is 11.6. The van der Waals surface area contributed by atoms with Crippen LogP contribution in [0.15, 0.2) is 23.2 Å².